The van der Waals surface area contributed by atoms with Crippen molar-refractivity contribution >= 4 is 11.8 Å². The predicted octanol–water partition coefficient (Wildman–Crippen LogP) is 0.174. The summed E-state index contributed by atoms with van der Waals surface area (Å²) in [6.07, 6.45) is 4.20. The average Bonchev–Trinajstić information content (AvgIpc) is 2.47. The van der Waals surface area contributed by atoms with Crippen LogP contribution in [-0.2, 0) is 9.59 Å². The maximum absolute atomic E-state index is 12.5. The van der Waals surface area contributed by atoms with E-state index < -0.39 is 0 Å². The van der Waals surface area contributed by atoms with Crippen molar-refractivity contribution in [2.45, 2.75) is 45.6 Å². The number of hydrogen-bond acceptors (Lipinski definition) is 4. The zero-order valence-corrected chi connectivity index (χ0v) is 13.4. The van der Waals surface area contributed by atoms with E-state index in [4.69, 9.17) is 5.73 Å². The normalized spacial score (nSPS) is 19.4. The zero-order valence-electron chi connectivity index (χ0n) is 13.4. The van der Waals surface area contributed by atoms with Gasteiger partial charge in [0.15, 0.2) is 0 Å². The summed E-state index contributed by atoms with van der Waals surface area (Å²) in [5.74, 6) is -0.242. The van der Waals surface area contributed by atoms with Gasteiger partial charge in [-0.15, -0.1) is 0 Å². The summed E-state index contributed by atoms with van der Waals surface area (Å²) in [6, 6.07) is -0.373. The van der Waals surface area contributed by atoms with Crippen LogP contribution in [-0.4, -0.2) is 66.9 Å². The van der Waals surface area contributed by atoms with Crippen LogP contribution in [0.4, 0.5) is 0 Å². The van der Waals surface area contributed by atoms with Crippen molar-refractivity contribution in [3.8, 4) is 0 Å². The lowest BCUT2D eigenvalue weighted by molar-refractivity contribution is -0.135. The van der Waals surface area contributed by atoms with Gasteiger partial charge in [0, 0.05) is 32.7 Å². The van der Waals surface area contributed by atoms with Gasteiger partial charge in [0.1, 0.15) is 6.04 Å². The van der Waals surface area contributed by atoms with E-state index in [1.54, 1.807) is 0 Å². The largest absolute Gasteiger partial charge is 0.368 e. The van der Waals surface area contributed by atoms with Crippen LogP contribution in [0.2, 0.25) is 0 Å². The molecule has 0 aliphatic carbocycles. The van der Waals surface area contributed by atoms with Gasteiger partial charge in [0.2, 0.25) is 11.8 Å². The van der Waals surface area contributed by atoms with Crippen LogP contribution in [0.3, 0.4) is 0 Å². The van der Waals surface area contributed by atoms with E-state index in [-0.39, 0.29) is 17.9 Å². The molecule has 1 rings (SSSR count). The molecule has 2 amide bonds. The first-order chi connectivity index (χ1) is 10.1. The number of carbonyl (C=O) groups is 2. The van der Waals surface area contributed by atoms with Crippen LogP contribution >= 0.6 is 0 Å². The highest BCUT2D eigenvalue weighted by Crippen LogP contribution is 2.06. The highest BCUT2D eigenvalue weighted by Gasteiger charge is 2.29. The minimum absolute atomic E-state index is 0.116. The van der Waals surface area contributed by atoms with Gasteiger partial charge in [-0.1, -0.05) is 26.7 Å². The van der Waals surface area contributed by atoms with Crippen LogP contribution in [0, 0.1) is 0 Å². The summed E-state index contributed by atoms with van der Waals surface area (Å²) in [6.45, 7) is 8.18. The topological polar surface area (TPSA) is 78.7 Å². The van der Waals surface area contributed by atoms with E-state index >= 15 is 0 Å². The summed E-state index contributed by atoms with van der Waals surface area (Å²) in [5, 5.41) is 3.15. The van der Waals surface area contributed by atoms with E-state index in [0.717, 1.165) is 45.3 Å². The molecule has 3 N–H and O–H groups in total. The highest BCUT2D eigenvalue weighted by molar-refractivity contribution is 5.82. The molecule has 1 atom stereocenters. The molecule has 0 spiro atoms. The van der Waals surface area contributed by atoms with Crippen LogP contribution in [0.15, 0.2) is 0 Å². The Kier molecular flexibility index (Phi) is 8.30. The number of rotatable bonds is 9. The number of primary amides is 1. The Morgan fingerprint density at radius 2 is 1.86 bits per heavy atom. The molecule has 6 nitrogen and oxygen atoms in total. The molecule has 0 aromatic carbocycles. The quantitative estimate of drug-likeness (QED) is 0.636. The van der Waals surface area contributed by atoms with Gasteiger partial charge in [0.25, 0.3) is 0 Å². The van der Waals surface area contributed by atoms with Gasteiger partial charge in [0.05, 0.1) is 6.54 Å². The fraction of sp³-hybridized carbons (Fsp3) is 0.867. The molecule has 6 heteroatoms. The Morgan fingerprint density at radius 1 is 1.24 bits per heavy atom. The molecule has 0 saturated carbocycles. The Morgan fingerprint density at radius 3 is 2.38 bits per heavy atom. The van der Waals surface area contributed by atoms with Gasteiger partial charge in [-0.3, -0.25) is 14.5 Å². The predicted molar refractivity (Wildman–Crippen MR) is 83.8 cm³/mol. The molecule has 21 heavy (non-hydrogen) atoms. The van der Waals surface area contributed by atoms with E-state index in [1.807, 2.05) is 9.80 Å². The third-order valence-electron chi connectivity index (χ3n) is 3.94. The summed E-state index contributed by atoms with van der Waals surface area (Å²) < 4.78 is 0. The van der Waals surface area contributed by atoms with Crippen molar-refractivity contribution in [2.24, 2.45) is 5.73 Å². The molecule has 1 fully saturated rings. The molecule has 122 valence electrons. The minimum Gasteiger partial charge on any atom is -0.368 e. The van der Waals surface area contributed by atoms with Crippen molar-refractivity contribution in [1.29, 1.82) is 0 Å². The van der Waals surface area contributed by atoms with Gasteiger partial charge in [-0.25, -0.2) is 0 Å². The van der Waals surface area contributed by atoms with Crippen molar-refractivity contribution in [1.82, 2.24) is 15.1 Å². The lowest BCUT2D eigenvalue weighted by atomic mass is 10.1. The summed E-state index contributed by atoms with van der Waals surface area (Å²) in [7, 11) is 0. The molecule has 0 bridgehead atoms. The second-order valence-electron chi connectivity index (χ2n) is 5.68. The van der Waals surface area contributed by atoms with E-state index in [2.05, 4.69) is 19.2 Å². The Bertz CT molecular complexity index is 328. The van der Waals surface area contributed by atoms with E-state index in [0.29, 0.717) is 19.6 Å². The maximum Gasteiger partial charge on any atom is 0.236 e. The fourth-order valence-electron chi connectivity index (χ4n) is 2.55. The molecule has 0 aromatic rings. The first-order valence-corrected chi connectivity index (χ1v) is 8.12. The standard InChI is InChI=1S/C15H30N4O2/c1-3-5-8-18(9-6-4-2)14(20)12-19-10-7-17-11-13(19)15(16)21/h13,17H,3-12H2,1-2H3,(H2,16,21). The number of unbranched alkanes of at least 4 members (excludes halogenated alkanes) is 2. The van der Waals surface area contributed by atoms with Gasteiger partial charge in [-0.2, -0.15) is 0 Å². The number of nitrogens with zero attached hydrogens (tertiary/aromatic N) is 2. The Balaban J connectivity index is 2.58. The summed E-state index contributed by atoms with van der Waals surface area (Å²) in [5.41, 5.74) is 5.42. The summed E-state index contributed by atoms with van der Waals surface area (Å²) in [4.78, 5) is 27.8. The lowest BCUT2D eigenvalue weighted by Crippen LogP contribution is -2.59. The van der Waals surface area contributed by atoms with Crippen LogP contribution in [0.1, 0.15) is 39.5 Å². The number of carbonyl (C=O) groups excluding carboxylic acids is 2. The van der Waals surface area contributed by atoms with Crippen LogP contribution < -0.4 is 11.1 Å². The molecule has 1 heterocycles. The molecule has 1 aliphatic heterocycles. The average molecular weight is 298 g/mol. The smallest absolute Gasteiger partial charge is 0.236 e. The number of hydrogen-bond donors (Lipinski definition) is 2. The SMILES string of the molecule is CCCCN(CCCC)C(=O)CN1CCNCC1C(N)=O. The van der Waals surface area contributed by atoms with Crippen molar-refractivity contribution in [2.75, 3.05) is 39.3 Å². The molecule has 1 aliphatic rings. The molecular weight excluding hydrogens is 268 g/mol. The lowest BCUT2D eigenvalue weighted by Gasteiger charge is -2.35. The first kappa shape index (κ1) is 17.9. The second kappa shape index (κ2) is 9.73. The highest BCUT2D eigenvalue weighted by atomic mass is 16.2. The first-order valence-electron chi connectivity index (χ1n) is 8.12. The number of amides is 2. The number of piperazine rings is 1. The van der Waals surface area contributed by atoms with Gasteiger partial charge < -0.3 is 16.0 Å². The maximum atomic E-state index is 12.5. The van der Waals surface area contributed by atoms with Crippen molar-refractivity contribution in [3.63, 3.8) is 0 Å². The van der Waals surface area contributed by atoms with Gasteiger partial charge >= 0.3 is 0 Å². The Labute approximate surface area is 128 Å². The van der Waals surface area contributed by atoms with Crippen molar-refractivity contribution in [3.05, 3.63) is 0 Å². The summed E-state index contributed by atoms with van der Waals surface area (Å²) >= 11 is 0. The van der Waals surface area contributed by atoms with Crippen molar-refractivity contribution < 1.29 is 9.59 Å². The minimum atomic E-state index is -0.373. The van der Waals surface area contributed by atoms with Crippen LogP contribution in [0.25, 0.3) is 0 Å². The molecule has 1 unspecified atom stereocenters. The number of nitrogens with one attached hydrogen (secondary N) is 1. The Hall–Kier alpha value is -1.14. The second-order valence-corrected chi connectivity index (χ2v) is 5.68. The van der Waals surface area contributed by atoms with Gasteiger partial charge in [-0.05, 0) is 12.8 Å². The molecular formula is C15H30N4O2. The van der Waals surface area contributed by atoms with E-state index in [9.17, 15) is 9.59 Å². The molecule has 0 radical (unpaired) electrons. The number of nitrogens with two attached hydrogens (primary N) is 1. The third-order valence-corrected chi connectivity index (χ3v) is 3.94. The fourth-order valence-corrected chi connectivity index (χ4v) is 2.55. The monoisotopic (exact) mass is 298 g/mol. The molecule has 0 aromatic heterocycles. The third kappa shape index (κ3) is 6.01. The molecule has 1 saturated heterocycles. The zero-order chi connectivity index (χ0) is 15.7. The van der Waals surface area contributed by atoms with Crippen LogP contribution in [0.5, 0.6) is 0 Å². The van der Waals surface area contributed by atoms with E-state index in [1.165, 1.54) is 0 Å².